The van der Waals surface area contributed by atoms with Gasteiger partial charge in [-0.3, -0.25) is 0 Å². The molecule has 7 heteroatoms. The number of hydrogen-bond acceptors (Lipinski definition) is 5. The van der Waals surface area contributed by atoms with Gasteiger partial charge in [-0.05, 0) is 30.0 Å². The summed E-state index contributed by atoms with van der Waals surface area (Å²) in [6.07, 6.45) is 0. The predicted molar refractivity (Wildman–Crippen MR) is 60.6 cm³/mol. The topological polar surface area (TPSA) is 79.5 Å². The minimum absolute atomic E-state index is 0.0927. The van der Waals surface area contributed by atoms with Gasteiger partial charge in [0.05, 0.1) is 11.6 Å². The molecule has 0 bridgehead atoms. The largest absolute Gasteiger partial charge is 0.433 e. The van der Waals surface area contributed by atoms with Crippen LogP contribution in [0.2, 0.25) is 0 Å². The van der Waals surface area contributed by atoms with Crippen LogP contribution >= 0.6 is 11.8 Å². The molecule has 0 fully saturated rings. The third kappa shape index (κ3) is 2.53. The molecule has 1 heterocycles. The number of nitrogens with zero attached hydrogens (tertiary/aromatic N) is 2. The van der Waals surface area contributed by atoms with Crippen molar-refractivity contribution in [3.05, 3.63) is 29.8 Å². The fraction of sp³-hybridized carbons (Fsp3) is 0.111. The summed E-state index contributed by atoms with van der Waals surface area (Å²) in [6, 6.07) is 8.41. The third-order valence-corrected chi connectivity index (χ3v) is 4.36. The highest BCUT2D eigenvalue weighted by Crippen LogP contribution is 2.23. The molecule has 1 aliphatic rings. The maximum absolute atomic E-state index is 11.0. The summed E-state index contributed by atoms with van der Waals surface area (Å²) in [5.74, 6) is 0.405. The smallest absolute Gasteiger partial charge is 0.268 e. The molecular weight excluding hydrogens is 248 g/mol. The highest BCUT2D eigenvalue weighted by molar-refractivity contribution is 8.24. The quantitative estimate of drug-likeness (QED) is 0.755. The van der Waals surface area contributed by atoms with E-state index in [0.29, 0.717) is 11.3 Å². The van der Waals surface area contributed by atoms with E-state index in [1.807, 2.05) is 6.07 Å². The molecule has 1 aromatic rings. The maximum Gasteiger partial charge on any atom is 0.268 e. The maximum atomic E-state index is 11.0. The van der Waals surface area contributed by atoms with E-state index in [1.54, 1.807) is 18.2 Å². The molecule has 16 heavy (non-hydrogen) atoms. The highest BCUT2D eigenvalue weighted by atomic mass is 32.3. The zero-order chi connectivity index (χ0) is 11.6. The average molecular weight is 254 g/mol. The molecule has 0 aromatic heterocycles. The monoisotopic (exact) mass is 254 g/mol. The van der Waals surface area contributed by atoms with Crippen LogP contribution in [0.3, 0.4) is 0 Å². The Hall–Kier alpha value is -1.52. The molecule has 0 saturated heterocycles. The number of sulfonamides is 1. The second kappa shape index (κ2) is 4.15. The first kappa shape index (κ1) is 11.0. The Morgan fingerprint density at radius 1 is 1.50 bits per heavy atom. The number of hydrogen-bond donors (Lipinski definition) is 0. The van der Waals surface area contributed by atoms with Gasteiger partial charge in [0, 0.05) is 0 Å². The summed E-state index contributed by atoms with van der Waals surface area (Å²) in [6.45, 7) is 0. The molecule has 0 saturated carbocycles. The molecular formula is C9H6N2O3S2. The van der Waals surface area contributed by atoms with Crippen molar-refractivity contribution in [1.82, 2.24) is 0 Å². The third-order valence-electron chi connectivity index (χ3n) is 1.71. The van der Waals surface area contributed by atoms with E-state index in [0.717, 1.165) is 11.8 Å². The molecule has 5 nitrogen and oxygen atoms in total. The van der Waals surface area contributed by atoms with Crippen molar-refractivity contribution in [2.45, 2.75) is 0 Å². The van der Waals surface area contributed by atoms with Crippen LogP contribution in [0.5, 0.6) is 5.75 Å². The Labute approximate surface area is 96.8 Å². The zero-order valence-corrected chi connectivity index (χ0v) is 9.59. The fourth-order valence-electron chi connectivity index (χ4n) is 1.07. The summed E-state index contributed by atoms with van der Waals surface area (Å²) in [7, 11) is -3.37. The van der Waals surface area contributed by atoms with Gasteiger partial charge in [0.2, 0.25) is 0 Å². The Balaban J connectivity index is 2.20. The summed E-state index contributed by atoms with van der Waals surface area (Å²) in [5.41, 5.74) is 0.448. The minimum Gasteiger partial charge on any atom is -0.433 e. The Bertz CT molecular complexity index is 587. The van der Waals surface area contributed by atoms with Crippen molar-refractivity contribution in [1.29, 1.82) is 5.26 Å². The number of rotatable bonds is 1. The van der Waals surface area contributed by atoms with Crippen LogP contribution in [0.25, 0.3) is 0 Å². The van der Waals surface area contributed by atoms with Gasteiger partial charge in [0.1, 0.15) is 10.8 Å². The Morgan fingerprint density at radius 3 is 2.94 bits per heavy atom. The number of benzene rings is 1. The van der Waals surface area contributed by atoms with Crippen LogP contribution in [0.15, 0.2) is 28.7 Å². The van der Waals surface area contributed by atoms with Crippen LogP contribution in [-0.4, -0.2) is 18.7 Å². The molecule has 1 aliphatic heterocycles. The molecule has 82 valence electrons. The lowest BCUT2D eigenvalue weighted by molar-refractivity contribution is 0.566. The van der Waals surface area contributed by atoms with Gasteiger partial charge in [0.15, 0.2) is 0 Å². The van der Waals surface area contributed by atoms with E-state index in [2.05, 4.69) is 4.40 Å². The number of nitriles is 1. The van der Waals surface area contributed by atoms with Crippen molar-refractivity contribution < 1.29 is 13.2 Å². The molecule has 0 unspecified atom stereocenters. The van der Waals surface area contributed by atoms with E-state index in [9.17, 15) is 8.42 Å². The van der Waals surface area contributed by atoms with Crippen LogP contribution < -0.4 is 4.74 Å². The van der Waals surface area contributed by atoms with Gasteiger partial charge in [-0.1, -0.05) is 6.07 Å². The fourth-order valence-corrected chi connectivity index (χ4v) is 3.25. The van der Waals surface area contributed by atoms with Gasteiger partial charge >= 0.3 is 0 Å². The van der Waals surface area contributed by atoms with E-state index in [-0.39, 0.29) is 10.3 Å². The Morgan fingerprint density at radius 2 is 2.31 bits per heavy atom. The molecule has 1 aromatic carbocycles. The second-order valence-electron chi connectivity index (χ2n) is 2.94. The molecule has 0 spiro atoms. The van der Waals surface area contributed by atoms with Crippen LogP contribution in [0.4, 0.5) is 0 Å². The Kier molecular flexibility index (Phi) is 2.85. The average Bonchev–Trinajstić information content (AvgIpc) is 2.58. The van der Waals surface area contributed by atoms with Crippen molar-refractivity contribution in [3.63, 3.8) is 0 Å². The van der Waals surface area contributed by atoms with Crippen LogP contribution in [-0.2, 0) is 10.0 Å². The molecule has 2 rings (SSSR count). The summed E-state index contributed by atoms with van der Waals surface area (Å²) < 4.78 is 30.7. The first-order chi connectivity index (χ1) is 7.59. The summed E-state index contributed by atoms with van der Waals surface area (Å²) in [5, 5.41) is 8.66. The van der Waals surface area contributed by atoms with Crippen molar-refractivity contribution in [2.75, 3.05) is 5.08 Å². The normalized spacial score (nSPS) is 17.6. The SMILES string of the molecule is N#Cc1cccc(OC2=NS(=O)(=O)CS2)c1. The van der Waals surface area contributed by atoms with Crippen LogP contribution in [0, 0.1) is 11.3 Å². The standard InChI is InChI=1S/C9H6N2O3S2/c10-5-7-2-1-3-8(4-7)14-9-11-16(12,13)6-15-9/h1-4H,6H2. The molecule has 0 amide bonds. The molecule has 0 N–H and O–H groups in total. The van der Waals surface area contributed by atoms with Crippen LogP contribution in [0.1, 0.15) is 5.56 Å². The molecule has 0 radical (unpaired) electrons. The first-order valence-electron chi connectivity index (χ1n) is 4.22. The van der Waals surface area contributed by atoms with Crippen molar-refractivity contribution >= 4 is 27.0 Å². The zero-order valence-electron chi connectivity index (χ0n) is 7.95. The second-order valence-corrected chi connectivity index (χ2v) is 5.87. The minimum atomic E-state index is -3.37. The predicted octanol–water partition coefficient (Wildman–Crippen LogP) is 1.33. The molecule has 0 atom stereocenters. The lowest BCUT2D eigenvalue weighted by Gasteiger charge is -2.02. The summed E-state index contributed by atoms with van der Waals surface area (Å²) in [4.78, 5) is 0. The van der Waals surface area contributed by atoms with Gasteiger partial charge in [-0.15, -0.1) is 4.40 Å². The van der Waals surface area contributed by atoms with Gasteiger partial charge in [0.25, 0.3) is 15.3 Å². The van der Waals surface area contributed by atoms with Gasteiger partial charge in [-0.2, -0.15) is 5.26 Å². The number of ether oxygens (including phenoxy) is 1. The van der Waals surface area contributed by atoms with E-state index in [4.69, 9.17) is 10.00 Å². The number of thioether (sulfide) groups is 1. The van der Waals surface area contributed by atoms with Gasteiger partial charge < -0.3 is 4.74 Å². The first-order valence-corrected chi connectivity index (χ1v) is 6.82. The van der Waals surface area contributed by atoms with E-state index >= 15 is 0 Å². The van der Waals surface area contributed by atoms with Crippen molar-refractivity contribution in [3.8, 4) is 11.8 Å². The van der Waals surface area contributed by atoms with Gasteiger partial charge in [-0.25, -0.2) is 8.42 Å². The lowest BCUT2D eigenvalue weighted by Crippen LogP contribution is -2.00. The van der Waals surface area contributed by atoms with Crippen molar-refractivity contribution in [2.24, 2.45) is 4.40 Å². The highest BCUT2D eigenvalue weighted by Gasteiger charge is 2.22. The molecule has 0 aliphatic carbocycles. The summed E-state index contributed by atoms with van der Waals surface area (Å²) >= 11 is 1.01. The lowest BCUT2D eigenvalue weighted by atomic mass is 10.2. The van der Waals surface area contributed by atoms with E-state index in [1.165, 1.54) is 6.07 Å². The van der Waals surface area contributed by atoms with E-state index < -0.39 is 10.0 Å².